The quantitative estimate of drug-likeness (QED) is 0.288. The number of hydrogen-bond acceptors (Lipinski definition) is 8. The topological polar surface area (TPSA) is 148 Å². The Morgan fingerprint density at radius 3 is 2.74 bits per heavy atom. The van der Waals surface area contributed by atoms with Crippen molar-refractivity contribution in [3.05, 3.63) is 40.0 Å². The standard InChI is InChI=1S/C20H17Cl2F3N8O2/c21-12-5-10(33(8-26)19(28)20(23,24)25)1-2-11(12)18(34)30-9-3-4-32(7-9)17-15-14(13(22)6-29-17)16(27)31-35-15/h1-2,5-6,8-9,26,28H,3-4,7H2,(H2,27,31)(H,30,34). The normalized spacial score (nSPS) is 15.9. The zero-order valence-electron chi connectivity index (χ0n) is 17.7. The fourth-order valence-electron chi connectivity index (χ4n) is 3.73. The Labute approximate surface area is 205 Å². The van der Waals surface area contributed by atoms with Crippen LogP contribution < -0.4 is 20.9 Å². The Morgan fingerprint density at radius 1 is 1.34 bits per heavy atom. The maximum absolute atomic E-state index is 12.9. The van der Waals surface area contributed by atoms with Gasteiger partial charge < -0.3 is 20.5 Å². The lowest BCUT2D eigenvalue weighted by Crippen LogP contribution is -2.40. The number of carbonyl (C=O) groups excluding carboxylic acids is 1. The van der Waals surface area contributed by atoms with Gasteiger partial charge in [-0.3, -0.25) is 20.5 Å². The lowest BCUT2D eigenvalue weighted by atomic mass is 10.1. The van der Waals surface area contributed by atoms with E-state index in [1.54, 1.807) is 0 Å². The summed E-state index contributed by atoms with van der Waals surface area (Å²) in [6.07, 6.45) is -2.61. The molecule has 1 saturated heterocycles. The molecule has 0 radical (unpaired) electrons. The van der Waals surface area contributed by atoms with Crippen molar-refractivity contribution in [1.82, 2.24) is 15.5 Å². The highest BCUT2D eigenvalue weighted by Crippen LogP contribution is 2.35. The molecule has 4 rings (SSSR count). The Balaban J connectivity index is 1.47. The molecule has 1 aromatic carbocycles. The van der Waals surface area contributed by atoms with Gasteiger partial charge in [-0.1, -0.05) is 28.4 Å². The molecule has 10 nitrogen and oxygen atoms in total. The number of nitrogens with two attached hydrogens (primary N) is 1. The van der Waals surface area contributed by atoms with Gasteiger partial charge in [0.1, 0.15) is 0 Å². The van der Waals surface area contributed by atoms with Crippen LogP contribution in [0.15, 0.2) is 28.9 Å². The van der Waals surface area contributed by atoms with Crippen molar-refractivity contribution in [3.8, 4) is 0 Å². The van der Waals surface area contributed by atoms with Gasteiger partial charge in [-0.25, -0.2) is 4.98 Å². The number of rotatable bonds is 5. The zero-order valence-corrected chi connectivity index (χ0v) is 19.2. The van der Waals surface area contributed by atoms with Gasteiger partial charge >= 0.3 is 6.18 Å². The molecule has 0 aliphatic carbocycles. The molecular weight excluding hydrogens is 512 g/mol. The monoisotopic (exact) mass is 528 g/mol. The number of anilines is 3. The summed E-state index contributed by atoms with van der Waals surface area (Å²) in [6, 6.07) is 3.21. The number of benzene rings is 1. The van der Waals surface area contributed by atoms with Crippen molar-refractivity contribution in [2.24, 2.45) is 0 Å². The molecule has 1 amide bonds. The van der Waals surface area contributed by atoms with E-state index >= 15 is 0 Å². The Hall–Kier alpha value is -3.58. The van der Waals surface area contributed by atoms with Crippen molar-refractivity contribution in [2.75, 3.05) is 28.6 Å². The SMILES string of the molecule is N=CN(C(=N)C(F)(F)F)c1ccc(C(=O)NC2CCN(c3ncc(Cl)c4c(N)noc34)C2)c(Cl)c1. The first kappa shape index (κ1) is 24.5. The summed E-state index contributed by atoms with van der Waals surface area (Å²) in [6.45, 7) is 0.923. The van der Waals surface area contributed by atoms with E-state index in [9.17, 15) is 18.0 Å². The van der Waals surface area contributed by atoms with E-state index in [4.69, 9.17) is 44.3 Å². The number of halogens is 5. The van der Waals surface area contributed by atoms with Crippen LogP contribution in [0.25, 0.3) is 11.0 Å². The molecule has 1 unspecified atom stereocenters. The van der Waals surface area contributed by atoms with Gasteiger partial charge in [0.15, 0.2) is 11.6 Å². The minimum absolute atomic E-state index is 0.0346. The second-order valence-electron chi connectivity index (χ2n) is 7.62. The van der Waals surface area contributed by atoms with Crippen molar-refractivity contribution in [1.29, 1.82) is 10.8 Å². The molecule has 1 aliphatic rings. The second kappa shape index (κ2) is 9.23. The van der Waals surface area contributed by atoms with Gasteiger partial charge in [-0.2, -0.15) is 13.2 Å². The molecule has 15 heteroatoms. The van der Waals surface area contributed by atoms with Crippen LogP contribution in [-0.4, -0.2) is 53.5 Å². The number of amidine groups is 1. The largest absolute Gasteiger partial charge is 0.449 e. The Bertz CT molecular complexity index is 1330. The van der Waals surface area contributed by atoms with E-state index in [0.29, 0.717) is 52.6 Å². The summed E-state index contributed by atoms with van der Waals surface area (Å²) in [7, 11) is 0. The summed E-state index contributed by atoms with van der Waals surface area (Å²) in [5, 5.41) is 21.7. The number of nitrogen functional groups attached to an aromatic ring is 1. The van der Waals surface area contributed by atoms with Crippen molar-refractivity contribution >= 4 is 69.6 Å². The third kappa shape index (κ3) is 4.68. The molecule has 3 aromatic rings. The molecule has 1 atom stereocenters. The highest BCUT2D eigenvalue weighted by Gasteiger charge is 2.39. The van der Waals surface area contributed by atoms with E-state index in [1.807, 2.05) is 4.90 Å². The van der Waals surface area contributed by atoms with E-state index in [-0.39, 0.29) is 28.1 Å². The summed E-state index contributed by atoms with van der Waals surface area (Å²) >= 11 is 12.3. The van der Waals surface area contributed by atoms with Gasteiger partial charge in [-0.05, 0) is 24.6 Å². The first-order chi connectivity index (χ1) is 16.5. The van der Waals surface area contributed by atoms with Crippen molar-refractivity contribution in [3.63, 3.8) is 0 Å². The zero-order chi connectivity index (χ0) is 25.5. The molecule has 1 fully saturated rings. The number of hydrogen-bond donors (Lipinski definition) is 4. The van der Waals surface area contributed by atoms with Crippen LogP contribution in [0.5, 0.6) is 0 Å². The summed E-state index contributed by atoms with van der Waals surface area (Å²) in [4.78, 5) is 19.3. The fraction of sp³-hybridized carbons (Fsp3) is 0.250. The first-order valence-corrected chi connectivity index (χ1v) is 10.8. The third-order valence-electron chi connectivity index (χ3n) is 5.40. The molecule has 3 heterocycles. The van der Waals surface area contributed by atoms with E-state index in [2.05, 4.69) is 15.5 Å². The minimum atomic E-state index is -4.96. The smallest absolute Gasteiger partial charge is 0.380 e. The maximum Gasteiger partial charge on any atom is 0.449 e. The number of carbonyl (C=O) groups is 1. The highest BCUT2D eigenvalue weighted by atomic mass is 35.5. The summed E-state index contributed by atoms with van der Waals surface area (Å²) < 4.78 is 43.9. The van der Waals surface area contributed by atoms with Gasteiger partial charge in [-0.15, -0.1) is 0 Å². The van der Waals surface area contributed by atoms with Crippen LogP contribution in [0.3, 0.4) is 0 Å². The number of alkyl halides is 3. The van der Waals surface area contributed by atoms with Crippen LogP contribution >= 0.6 is 23.2 Å². The second-order valence-corrected chi connectivity index (χ2v) is 8.43. The van der Waals surface area contributed by atoms with Gasteiger partial charge in [0, 0.05) is 31.0 Å². The predicted octanol–water partition coefficient (Wildman–Crippen LogP) is 4.07. The van der Waals surface area contributed by atoms with Crippen LogP contribution in [-0.2, 0) is 0 Å². The Morgan fingerprint density at radius 2 is 2.09 bits per heavy atom. The third-order valence-corrected chi connectivity index (χ3v) is 6.00. The number of fused-ring (bicyclic) bond motifs is 1. The highest BCUT2D eigenvalue weighted by molar-refractivity contribution is 6.36. The lowest BCUT2D eigenvalue weighted by Gasteiger charge is -2.22. The number of aromatic nitrogens is 2. The fourth-order valence-corrected chi connectivity index (χ4v) is 4.22. The van der Waals surface area contributed by atoms with Gasteiger partial charge in [0.25, 0.3) is 5.91 Å². The maximum atomic E-state index is 12.9. The van der Waals surface area contributed by atoms with Crippen LogP contribution in [0, 0.1) is 10.8 Å². The van der Waals surface area contributed by atoms with Crippen LogP contribution in [0.1, 0.15) is 16.8 Å². The number of nitrogens with zero attached hydrogens (tertiary/aromatic N) is 4. The lowest BCUT2D eigenvalue weighted by molar-refractivity contribution is -0.0603. The van der Waals surface area contributed by atoms with Crippen molar-refractivity contribution < 1.29 is 22.5 Å². The van der Waals surface area contributed by atoms with Crippen molar-refractivity contribution in [2.45, 2.75) is 18.6 Å². The van der Waals surface area contributed by atoms with E-state index < -0.39 is 17.9 Å². The molecule has 5 N–H and O–H groups in total. The molecule has 0 spiro atoms. The van der Waals surface area contributed by atoms with Gasteiger partial charge in [0.2, 0.25) is 11.4 Å². The predicted molar refractivity (Wildman–Crippen MR) is 126 cm³/mol. The Kier molecular flexibility index (Phi) is 6.47. The number of pyridine rings is 1. The summed E-state index contributed by atoms with van der Waals surface area (Å²) in [5.41, 5.74) is 5.99. The average molecular weight is 529 g/mol. The summed E-state index contributed by atoms with van der Waals surface area (Å²) in [5.74, 6) is -1.67. The first-order valence-electron chi connectivity index (χ1n) is 10.0. The molecule has 0 saturated carbocycles. The van der Waals surface area contributed by atoms with Crippen LogP contribution in [0.4, 0.5) is 30.5 Å². The van der Waals surface area contributed by atoms with E-state index in [1.165, 1.54) is 18.3 Å². The number of nitrogens with one attached hydrogen (secondary N) is 3. The van der Waals surface area contributed by atoms with E-state index in [0.717, 1.165) is 6.07 Å². The molecule has 2 aromatic heterocycles. The number of amides is 1. The van der Waals surface area contributed by atoms with Crippen LogP contribution in [0.2, 0.25) is 10.0 Å². The average Bonchev–Trinajstić information content (AvgIpc) is 3.41. The molecule has 0 bridgehead atoms. The molecule has 35 heavy (non-hydrogen) atoms. The minimum Gasteiger partial charge on any atom is -0.380 e. The molecule has 184 valence electrons. The van der Waals surface area contributed by atoms with Gasteiger partial charge in [0.05, 0.1) is 27.3 Å². The molecular formula is C20H17Cl2F3N8O2. The molecule has 1 aliphatic heterocycles.